The number of carbonyl (C=O) groups is 2. The lowest BCUT2D eigenvalue weighted by atomic mass is 10.2. The first-order valence-electron chi connectivity index (χ1n) is 10.6. The van der Waals surface area contributed by atoms with Crippen LogP contribution in [0.3, 0.4) is 0 Å². The van der Waals surface area contributed by atoms with Gasteiger partial charge in [0, 0.05) is 39.2 Å². The fourth-order valence-corrected chi connectivity index (χ4v) is 3.63. The van der Waals surface area contributed by atoms with E-state index in [0.717, 1.165) is 17.1 Å². The van der Waals surface area contributed by atoms with E-state index in [4.69, 9.17) is 4.84 Å². The van der Waals surface area contributed by atoms with Gasteiger partial charge >= 0.3 is 6.43 Å². The molecule has 2 amide bonds. The molecule has 0 unspecified atom stereocenters. The summed E-state index contributed by atoms with van der Waals surface area (Å²) in [5, 5.41) is 25.7. The molecule has 10 nitrogen and oxygen atoms in total. The lowest BCUT2D eigenvalue weighted by Crippen LogP contribution is -2.35. The van der Waals surface area contributed by atoms with Crippen molar-refractivity contribution in [2.24, 2.45) is 0 Å². The zero-order valence-electron chi connectivity index (χ0n) is 19.2. The van der Waals surface area contributed by atoms with Crippen LogP contribution in [-0.4, -0.2) is 84.5 Å². The number of thiazole rings is 1. The molecule has 1 aromatic heterocycles. The molecule has 1 aliphatic heterocycles. The summed E-state index contributed by atoms with van der Waals surface area (Å²) in [6.07, 6.45) is -1.80. The van der Waals surface area contributed by atoms with Gasteiger partial charge in [-0.2, -0.15) is 8.78 Å². The van der Waals surface area contributed by atoms with Gasteiger partial charge in [-0.1, -0.05) is 0 Å². The monoisotopic (exact) mass is 521 g/mol. The summed E-state index contributed by atoms with van der Waals surface area (Å²) in [4.78, 5) is 33.4. The van der Waals surface area contributed by atoms with Gasteiger partial charge in [0.1, 0.15) is 10.8 Å². The number of hydroxylamine groups is 3. The molecule has 2 aromatic rings. The Morgan fingerprint density at radius 3 is 2.63 bits per heavy atom. The number of aliphatic hydroxyl groups excluding tert-OH is 1. The van der Waals surface area contributed by atoms with Gasteiger partial charge in [0.25, 0.3) is 11.8 Å². The van der Waals surface area contributed by atoms with E-state index < -0.39 is 24.3 Å². The normalized spacial score (nSPS) is 14.6. The number of hydrogen-bond acceptors (Lipinski definition) is 9. The Morgan fingerprint density at radius 1 is 1.34 bits per heavy atom. The number of nitrogens with one attached hydrogen (secondary N) is 1. The number of anilines is 2. The predicted octanol–water partition coefficient (Wildman–Crippen LogP) is 1.92. The van der Waals surface area contributed by atoms with Crippen molar-refractivity contribution in [3.8, 4) is 0 Å². The molecule has 1 saturated heterocycles. The number of aliphatic hydroxyl groups is 1. The molecule has 3 N–H and O–H groups in total. The van der Waals surface area contributed by atoms with Gasteiger partial charge in [-0.15, -0.1) is 11.3 Å². The number of amides is 2. The van der Waals surface area contributed by atoms with Crippen molar-refractivity contribution in [1.82, 2.24) is 15.4 Å². The second-order valence-electron chi connectivity index (χ2n) is 7.40. The van der Waals surface area contributed by atoms with Crippen LogP contribution in [0.5, 0.6) is 0 Å². The Hall–Kier alpha value is -2.94. The Labute approximate surface area is 205 Å². The van der Waals surface area contributed by atoms with E-state index in [0.29, 0.717) is 25.3 Å². The molecule has 1 atom stereocenters. The van der Waals surface area contributed by atoms with E-state index >= 15 is 0 Å². The minimum atomic E-state index is -2.88. The maximum Gasteiger partial charge on any atom is 0.315 e. The number of benzene rings is 1. The average Bonchev–Trinajstić information content (AvgIpc) is 3.19. The van der Waals surface area contributed by atoms with Crippen LogP contribution in [-0.2, 0) is 20.8 Å². The summed E-state index contributed by atoms with van der Waals surface area (Å²) in [6.45, 7) is 2.90. The van der Waals surface area contributed by atoms with Crippen LogP contribution < -0.4 is 15.3 Å². The molecular weight excluding hydrogens is 491 g/mol. The highest BCUT2D eigenvalue weighted by atomic mass is 32.1. The summed E-state index contributed by atoms with van der Waals surface area (Å²) in [5.41, 5.74) is 0.625. The first kappa shape index (κ1) is 28.3. The molecule has 1 aromatic carbocycles. The fourth-order valence-electron chi connectivity index (χ4n) is 3.02. The molecule has 0 aliphatic carbocycles. The van der Waals surface area contributed by atoms with Crippen LogP contribution in [0.15, 0.2) is 29.8 Å². The summed E-state index contributed by atoms with van der Waals surface area (Å²) < 4.78 is 36.6. The second-order valence-corrected chi connectivity index (χ2v) is 8.38. The standard InChI is InChI=1S/C18H23FN4O4S.C3H5F2NO.H2/c1-13(24)12-22(26)14-2-3-16(15(19)10-14)21-5-6-23(27-8-7-21)18(25)11-17-20-4-9-28-17;1-6-3(7)2(4)5;/h2-4,9-10,13,24,26H,5-8,11-12H2,1H3;2H,1H3,(H,6,7);1H/t13-;;/m0../s1. The number of rotatable bonds is 7. The second kappa shape index (κ2) is 13.8. The van der Waals surface area contributed by atoms with Crippen LogP contribution in [0.1, 0.15) is 13.4 Å². The van der Waals surface area contributed by atoms with Crippen molar-refractivity contribution in [2.45, 2.75) is 25.9 Å². The van der Waals surface area contributed by atoms with Crippen LogP contribution in [0.25, 0.3) is 0 Å². The minimum absolute atomic E-state index is 0. The van der Waals surface area contributed by atoms with Crippen LogP contribution in [0, 0.1) is 5.82 Å². The molecule has 35 heavy (non-hydrogen) atoms. The van der Waals surface area contributed by atoms with Crippen LogP contribution in [0.4, 0.5) is 24.5 Å². The summed E-state index contributed by atoms with van der Waals surface area (Å²) >= 11 is 1.41. The molecule has 2 heterocycles. The van der Waals surface area contributed by atoms with E-state index in [9.17, 15) is 33.1 Å². The molecule has 0 spiro atoms. The quantitative estimate of drug-likeness (QED) is 0.473. The zero-order valence-corrected chi connectivity index (χ0v) is 20.1. The third-order valence-electron chi connectivity index (χ3n) is 4.70. The van der Waals surface area contributed by atoms with Gasteiger partial charge in [0.15, 0.2) is 0 Å². The van der Waals surface area contributed by atoms with Crippen molar-refractivity contribution in [3.05, 3.63) is 40.6 Å². The van der Waals surface area contributed by atoms with Gasteiger partial charge in [-0.25, -0.2) is 14.4 Å². The van der Waals surface area contributed by atoms with Crippen molar-refractivity contribution in [2.75, 3.05) is 49.8 Å². The van der Waals surface area contributed by atoms with E-state index in [1.165, 1.54) is 29.4 Å². The Morgan fingerprint density at radius 2 is 2.09 bits per heavy atom. The van der Waals surface area contributed by atoms with Crippen LogP contribution >= 0.6 is 11.3 Å². The maximum atomic E-state index is 14.6. The number of halogens is 3. The minimum Gasteiger partial charge on any atom is -0.391 e. The highest BCUT2D eigenvalue weighted by Gasteiger charge is 2.23. The highest BCUT2D eigenvalue weighted by Crippen LogP contribution is 2.25. The number of aromatic nitrogens is 1. The third kappa shape index (κ3) is 8.98. The molecular formula is C21H30F3N5O5S. The first-order valence-corrected chi connectivity index (χ1v) is 11.5. The van der Waals surface area contributed by atoms with E-state index in [2.05, 4.69) is 4.98 Å². The molecule has 0 bridgehead atoms. The highest BCUT2D eigenvalue weighted by molar-refractivity contribution is 7.09. The SMILES string of the molecule is CNC(=O)C(F)F.C[C@H](O)CN(O)c1ccc(N2CCON(C(=O)Cc3nccs3)CC2)c(F)c1.[HH]. The van der Waals surface area contributed by atoms with Crippen LogP contribution in [0.2, 0.25) is 0 Å². The van der Waals surface area contributed by atoms with Gasteiger partial charge in [0.05, 0.1) is 43.6 Å². The summed E-state index contributed by atoms with van der Waals surface area (Å²) in [5.74, 6) is -1.91. The van der Waals surface area contributed by atoms with E-state index in [-0.39, 0.29) is 32.6 Å². The molecule has 0 saturated carbocycles. The lowest BCUT2D eigenvalue weighted by molar-refractivity contribution is -0.181. The predicted molar refractivity (Wildman–Crippen MR) is 125 cm³/mol. The number of nitrogens with zero attached hydrogens (tertiary/aromatic N) is 4. The molecule has 3 rings (SSSR count). The maximum absolute atomic E-state index is 14.6. The largest absolute Gasteiger partial charge is 0.391 e. The Kier molecular flexibility index (Phi) is 11.2. The van der Waals surface area contributed by atoms with Gasteiger partial charge in [-0.3, -0.25) is 24.7 Å². The van der Waals surface area contributed by atoms with Crippen molar-refractivity contribution < 1.29 is 39.3 Å². The average molecular weight is 522 g/mol. The Bertz CT molecular complexity index is 958. The van der Waals surface area contributed by atoms with Gasteiger partial charge in [-0.05, 0) is 19.1 Å². The fraction of sp³-hybridized carbons (Fsp3) is 0.476. The van der Waals surface area contributed by atoms with Crippen molar-refractivity contribution in [3.63, 3.8) is 0 Å². The van der Waals surface area contributed by atoms with E-state index in [1.54, 1.807) is 28.5 Å². The zero-order chi connectivity index (χ0) is 26.0. The number of alkyl halides is 2. The van der Waals surface area contributed by atoms with Gasteiger partial charge in [0.2, 0.25) is 0 Å². The van der Waals surface area contributed by atoms with Crippen molar-refractivity contribution in [1.29, 1.82) is 0 Å². The summed E-state index contributed by atoms with van der Waals surface area (Å²) in [6, 6.07) is 4.37. The topological polar surface area (TPSA) is 118 Å². The first-order chi connectivity index (χ1) is 16.6. The van der Waals surface area contributed by atoms with Crippen molar-refractivity contribution >= 4 is 34.5 Å². The number of hydrogen-bond donors (Lipinski definition) is 3. The number of carbonyl (C=O) groups excluding carboxylic acids is 2. The molecule has 196 valence electrons. The molecule has 0 radical (unpaired) electrons. The van der Waals surface area contributed by atoms with E-state index in [1.807, 2.05) is 5.38 Å². The Balaban J connectivity index is 0.000000712. The lowest BCUT2D eigenvalue weighted by Gasteiger charge is -2.24. The third-order valence-corrected chi connectivity index (χ3v) is 5.48. The molecule has 1 fully saturated rings. The smallest absolute Gasteiger partial charge is 0.315 e. The molecule has 14 heteroatoms. The van der Waals surface area contributed by atoms with Gasteiger partial charge < -0.3 is 15.3 Å². The summed E-state index contributed by atoms with van der Waals surface area (Å²) in [7, 11) is 1.16. The molecule has 1 aliphatic rings.